The van der Waals surface area contributed by atoms with Crippen molar-refractivity contribution in [1.29, 1.82) is 0 Å². The average molecular weight is 285 g/mol. The van der Waals surface area contributed by atoms with Gasteiger partial charge in [-0.25, -0.2) is 0 Å². The smallest absolute Gasteiger partial charge is 0.131 e. The molecular formula is C13H14Cl2N2O. The van der Waals surface area contributed by atoms with Crippen LogP contribution in [0.5, 0.6) is 5.75 Å². The highest BCUT2D eigenvalue weighted by Crippen LogP contribution is 2.25. The van der Waals surface area contributed by atoms with Crippen LogP contribution in [-0.4, -0.2) is 9.78 Å². The van der Waals surface area contributed by atoms with E-state index >= 15 is 0 Å². The predicted octanol–water partition coefficient (Wildman–Crippen LogP) is 3.92. The first-order valence-corrected chi connectivity index (χ1v) is 6.31. The molecule has 0 aliphatic carbocycles. The van der Waals surface area contributed by atoms with Crippen LogP contribution >= 0.6 is 23.2 Å². The van der Waals surface area contributed by atoms with Crippen LogP contribution in [0.1, 0.15) is 17.0 Å². The Balaban J connectivity index is 2.19. The van der Waals surface area contributed by atoms with Gasteiger partial charge in [-0.1, -0.05) is 29.3 Å². The molecule has 0 atom stereocenters. The topological polar surface area (TPSA) is 27.1 Å². The molecule has 1 aromatic carbocycles. The second-order valence-corrected chi connectivity index (χ2v) is 4.98. The average Bonchev–Trinajstić information content (AvgIpc) is 2.55. The molecule has 1 heterocycles. The van der Waals surface area contributed by atoms with Gasteiger partial charge in [-0.15, -0.1) is 0 Å². The van der Waals surface area contributed by atoms with Gasteiger partial charge in [-0.05, 0) is 31.5 Å². The standard InChI is InChI=1S/C13H14Cl2N2O/c1-8-4-5-10(14)6-12(8)18-7-11-13(15)9(2)16-17(11)3/h4-6H,7H2,1-3H3. The molecule has 0 aliphatic rings. The first-order chi connectivity index (χ1) is 8.49. The summed E-state index contributed by atoms with van der Waals surface area (Å²) in [6.45, 7) is 4.22. The van der Waals surface area contributed by atoms with E-state index in [9.17, 15) is 0 Å². The third-order valence-electron chi connectivity index (χ3n) is 2.78. The lowest BCUT2D eigenvalue weighted by atomic mass is 10.2. The van der Waals surface area contributed by atoms with Gasteiger partial charge in [-0.3, -0.25) is 4.68 Å². The first-order valence-electron chi connectivity index (χ1n) is 5.56. The highest BCUT2D eigenvalue weighted by atomic mass is 35.5. The Morgan fingerprint density at radius 1 is 1.28 bits per heavy atom. The largest absolute Gasteiger partial charge is 0.487 e. The van der Waals surface area contributed by atoms with Gasteiger partial charge < -0.3 is 4.74 Å². The van der Waals surface area contributed by atoms with Crippen molar-refractivity contribution in [3.05, 3.63) is 45.2 Å². The fourth-order valence-corrected chi connectivity index (χ4v) is 2.09. The van der Waals surface area contributed by atoms with Crippen LogP contribution in [0.15, 0.2) is 18.2 Å². The molecule has 5 heteroatoms. The van der Waals surface area contributed by atoms with E-state index in [0.29, 0.717) is 16.7 Å². The minimum atomic E-state index is 0.372. The molecule has 0 aliphatic heterocycles. The zero-order valence-electron chi connectivity index (χ0n) is 10.5. The molecule has 0 saturated heterocycles. The van der Waals surface area contributed by atoms with Gasteiger partial charge in [0.1, 0.15) is 12.4 Å². The maximum absolute atomic E-state index is 6.16. The van der Waals surface area contributed by atoms with Crippen molar-refractivity contribution in [1.82, 2.24) is 9.78 Å². The molecule has 0 spiro atoms. The number of aromatic nitrogens is 2. The molecular weight excluding hydrogens is 271 g/mol. The van der Waals surface area contributed by atoms with Crippen LogP contribution in [0.3, 0.4) is 0 Å². The lowest BCUT2D eigenvalue weighted by Gasteiger charge is -2.10. The van der Waals surface area contributed by atoms with E-state index in [4.69, 9.17) is 27.9 Å². The number of rotatable bonds is 3. The zero-order valence-corrected chi connectivity index (χ0v) is 12.0. The quantitative estimate of drug-likeness (QED) is 0.854. The molecule has 0 fully saturated rings. The Hall–Kier alpha value is -1.19. The lowest BCUT2D eigenvalue weighted by Crippen LogP contribution is -2.04. The van der Waals surface area contributed by atoms with Crippen LogP contribution in [0.2, 0.25) is 10.0 Å². The van der Waals surface area contributed by atoms with E-state index in [-0.39, 0.29) is 0 Å². The van der Waals surface area contributed by atoms with E-state index in [2.05, 4.69) is 5.10 Å². The first kappa shape index (κ1) is 13.2. The predicted molar refractivity (Wildman–Crippen MR) is 73.5 cm³/mol. The molecule has 2 aromatic rings. The van der Waals surface area contributed by atoms with Crippen LogP contribution in [-0.2, 0) is 13.7 Å². The molecule has 0 N–H and O–H groups in total. The van der Waals surface area contributed by atoms with Crippen molar-refractivity contribution in [2.75, 3.05) is 0 Å². The van der Waals surface area contributed by atoms with E-state index < -0.39 is 0 Å². The molecule has 18 heavy (non-hydrogen) atoms. The lowest BCUT2D eigenvalue weighted by molar-refractivity contribution is 0.293. The number of nitrogens with zero attached hydrogens (tertiary/aromatic N) is 2. The van der Waals surface area contributed by atoms with Gasteiger partial charge >= 0.3 is 0 Å². The highest BCUT2D eigenvalue weighted by Gasteiger charge is 2.12. The Labute approximate surface area is 116 Å². The van der Waals surface area contributed by atoms with Crippen molar-refractivity contribution in [2.24, 2.45) is 7.05 Å². The number of aryl methyl sites for hydroxylation is 3. The summed E-state index contributed by atoms with van der Waals surface area (Å²) >= 11 is 12.1. The Morgan fingerprint density at radius 3 is 2.61 bits per heavy atom. The van der Waals surface area contributed by atoms with Gasteiger partial charge in [0, 0.05) is 12.1 Å². The van der Waals surface area contributed by atoms with Crippen LogP contribution in [0.25, 0.3) is 0 Å². The number of benzene rings is 1. The summed E-state index contributed by atoms with van der Waals surface area (Å²) in [6, 6.07) is 5.56. The van der Waals surface area contributed by atoms with Gasteiger partial charge in [-0.2, -0.15) is 5.10 Å². The number of ether oxygens (including phenoxy) is 1. The minimum absolute atomic E-state index is 0.372. The Bertz CT molecular complexity index is 579. The fraction of sp³-hybridized carbons (Fsp3) is 0.308. The molecule has 3 nitrogen and oxygen atoms in total. The summed E-state index contributed by atoms with van der Waals surface area (Å²) in [4.78, 5) is 0. The van der Waals surface area contributed by atoms with E-state index in [1.807, 2.05) is 33.0 Å². The van der Waals surface area contributed by atoms with Crippen molar-refractivity contribution in [3.63, 3.8) is 0 Å². The van der Waals surface area contributed by atoms with Crippen LogP contribution in [0.4, 0.5) is 0 Å². The SMILES string of the molecule is Cc1ccc(Cl)cc1OCc1c(Cl)c(C)nn1C. The normalized spacial score (nSPS) is 10.7. The Morgan fingerprint density at radius 2 is 2.00 bits per heavy atom. The molecule has 0 saturated carbocycles. The number of hydrogen-bond donors (Lipinski definition) is 0. The summed E-state index contributed by atoms with van der Waals surface area (Å²) < 4.78 is 7.48. The maximum atomic E-state index is 6.16. The number of hydrogen-bond acceptors (Lipinski definition) is 2. The minimum Gasteiger partial charge on any atom is -0.487 e. The summed E-state index contributed by atoms with van der Waals surface area (Å²) in [7, 11) is 1.85. The van der Waals surface area contributed by atoms with Gasteiger partial charge in [0.25, 0.3) is 0 Å². The van der Waals surface area contributed by atoms with Gasteiger partial charge in [0.2, 0.25) is 0 Å². The van der Waals surface area contributed by atoms with E-state index in [1.54, 1.807) is 10.7 Å². The number of halogens is 2. The molecule has 0 radical (unpaired) electrons. The fourth-order valence-electron chi connectivity index (χ4n) is 1.71. The van der Waals surface area contributed by atoms with Gasteiger partial charge in [0.15, 0.2) is 0 Å². The van der Waals surface area contributed by atoms with Crippen molar-refractivity contribution in [3.8, 4) is 5.75 Å². The monoisotopic (exact) mass is 284 g/mol. The molecule has 2 rings (SSSR count). The molecule has 96 valence electrons. The van der Waals surface area contributed by atoms with Gasteiger partial charge in [0.05, 0.1) is 16.4 Å². The third-order valence-corrected chi connectivity index (χ3v) is 3.50. The molecule has 0 unspecified atom stereocenters. The molecule has 0 bridgehead atoms. The zero-order chi connectivity index (χ0) is 13.3. The summed E-state index contributed by atoms with van der Waals surface area (Å²) in [5.74, 6) is 0.761. The van der Waals surface area contributed by atoms with Crippen molar-refractivity contribution < 1.29 is 4.74 Å². The maximum Gasteiger partial charge on any atom is 0.131 e. The van der Waals surface area contributed by atoms with E-state index in [1.165, 1.54) is 0 Å². The highest BCUT2D eigenvalue weighted by molar-refractivity contribution is 6.31. The second kappa shape index (κ2) is 5.21. The Kier molecular flexibility index (Phi) is 3.83. The summed E-state index contributed by atoms with van der Waals surface area (Å²) in [5, 5.41) is 5.55. The summed E-state index contributed by atoms with van der Waals surface area (Å²) in [5.41, 5.74) is 2.70. The van der Waals surface area contributed by atoms with Crippen LogP contribution in [0, 0.1) is 13.8 Å². The molecule has 1 aromatic heterocycles. The summed E-state index contributed by atoms with van der Waals surface area (Å²) in [6.07, 6.45) is 0. The second-order valence-electron chi connectivity index (χ2n) is 4.17. The van der Waals surface area contributed by atoms with Crippen LogP contribution < -0.4 is 4.74 Å². The van der Waals surface area contributed by atoms with Crippen molar-refractivity contribution >= 4 is 23.2 Å². The van der Waals surface area contributed by atoms with Crippen molar-refractivity contribution in [2.45, 2.75) is 20.5 Å². The molecule has 0 amide bonds. The third kappa shape index (κ3) is 2.62. The van der Waals surface area contributed by atoms with E-state index in [0.717, 1.165) is 22.7 Å².